The topological polar surface area (TPSA) is 55.1 Å². The molecule has 0 atom stereocenters. The summed E-state index contributed by atoms with van der Waals surface area (Å²) >= 11 is 0. The van der Waals surface area contributed by atoms with Crippen molar-refractivity contribution in [3.05, 3.63) is 30.0 Å². The normalized spacial score (nSPS) is 11.9. The molecule has 0 aliphatic carbocycles. The second kappa shape index (κ2) is 3.33. The third-order valence-electron chi connectivity index (χ3n) is 2.88. The summed E-state index contributed by atoms with van der Waals surface area (Å²) in [4.78, 5) is 11.1. The van der Waals surface area contributed by atoms with E-state index in [2.05, 4.69) is 5.10 Å². The zero-order chi connectivity index (χ0) is 11.9. The van der Waals surface area contributed by atoms with Crippen molar-refractivity contribution < 1.29 is 9.90 Å². The highest BCUT2D eigenvalue weighted by molar-refractivity contribution is 5.84. The fraction of sp³-hybridized carbons (Fsp3) is 0.333. The Labute approximate surface area is 93.5 Å². The van der Waals surface area contributed by atoms with E-state index in [9.17, 15) is 4.79 Å². The summed E-state index contributed by atoms with van der Waals surface area (Å²) in [7, 11) is 1.85. The predicted molar refractivity (Wildman–Crippen MR) is 61.4 cm³/mol. The highest BCUT2D eigenvalue weighted by Gasteiger charge is 2.29. The van der Waals surface area contributed by atoms with E-state index in [0.717, 1.165) is 16.5 Å². The summed E-state index contributed by atoms with van der Waals surface area (Å²) < 4.78 is 1.72. The van der Waals surface area contributed by atoms with Gasteiger partial charge in [0.2, 0.25) is 0 Å². The van der Waals surface area contributed by atoms with Crippen molar-refractivity contribution in [3.63, 3.8) is 0 Å². The molecule has 0 spiro atoms. The molecule has 0 fully saturated rings. The molecular weight excluding hydrogens is 204 g/mol. The lowest BCUT2D eigenvalue weighted by molar-refractivity contribution is -0.142. The molecule has 0 aliphatic heterocycles. The fourth-order valence-corrected chi connectivity index (χ4v) is 1.65. The summed E-state index contributed by atoms with van der Waals surface area (Å²) in [5.74, 6) is -0.831. The highest BCUT2D eigenvalue weighted by atomic mass is 16.4. The Morgan fingerprint density at radius 3 is 2.75 bits per heavy atom. The van der Waals surface area contributed by atoms with Crippen LogP contribution in [0.2, 0.25) is 0 Å². The maximum absolute atomic E-state index is 11.1. The summed E-state index contributed by atoms with van der Waals surface area (Å²) in [5.41, 5.74) is 0.714. The van der Waals surface area contributed by atoms with Gasteiger partial charge >= 0.3 is 5.97 Å². The van der Waals surface area contributed by atoms with E-state index in [1.54, 1.807) is 18.5 Å². The summed E-state index contributed by atoms with van der Waals surface area (Å²) in [6.45, 7) is 3.39. The van der Waals surface area contributed by atoms with Crippen LogP contribution < -0.4 is 0 Å². The maximum atomic E-state index is 11.1. The number of carbonyl (C=O) groups is 1. The van der Waals surface area contributed by atoms with Crippen molar-refractivity contribution in [2.75, 3.05) is 0 Å². The number of hydrogen-bond donors (Lipinski definition) is 1. The average molecular weight is 218 g/mol. The quantitative estimate of drug-likeness (QED) is 0.838. The molecule has 1 aromatic heterocycles. The number of hydrogen-bond acceptors (Lipinski definition) is 2. The lowest BCUT2D eigenvalue weighted by Crippen LogP contribution is -2.28. The molecule has 0 radical (unpaired) electrons. The van der Waals surface area contributed by atoms with Crippen molar-refractivity contribution >= 4 is 16.9 Å². The Hall–Kier alpha value is -1.84. The van der Waals surface area contributed by atoms with Gasteiger partial charge in [-0.3, -0.25) is 9.48 Å². The van der Waals surface area contributed by atoms with Gasteiger partial charge in [0.15, 0.2) is 0 Å². The van der Waals surface area contributed by atoms with Gasteiger partial charge in [-0.2, -0.15) is 5.10 Å². The largest absolute Gasteiger partial charge is 0.481 e. The molecule has 1 N–H and O–H groups in total. The molecule has 16 heavy (non-hydrogen) atoms. The van der Waals surface area contributed by atoms with Crippen LogP contribution in [-0.2, 0) is 17.3 Å². The average Bonchev–Trinajstić information content (AvgIpc) is 2.56. The number of aryl methyl sites for hydroxylation is 1. The van der Waals surface area contributed by atoms with Crippen LogP contribution in [0.1, 0.15) is 19.4 Å². The number of rotatable bonds is 2. The van der Waals surface area contributed by atoms with Gasteiger partial charge in [0.25, 0.3) is 0 Å². The first-order chi connectivity index (χ1) is 7.41. The van der Waals surface area contributed by atoms with Gasteiger partial charge in [-0.25, -0.2) is 0 Å². The van der Waals surface area contributed by atoms with Crippen molar-refractivity contribution in [3.8, 4) is 0 Å². The van der Waals surface area contributed by atoms with Crippen LogP contribution in [0.4, 0.5) is 0 Å². The van der Waals surface area contributed by atoms with E-state index >= 15 is 0 Å². The molecule has 2 aromatic rings. The SMILES string of the molecule is Cn1cc2ccc(C(C)(C)C(=O)O)cc2n1. The highest BCUT2D eigenvalue weighted by Crippen LogP contribution is 2.26. The summed E-state index contributed by atoms with van der Waals surface area (Å²) in [6, 6.07) is 5.59. The molecule has 0 saturated carbocycles. The standard InChI is InChI=1S/C12H14N2O2/c1-12(2,11(15)16)9-5-4-8-7-14(3)13-10(8)6-9/h4-7H,1-3H3,(H,15,16). The Balaban J connectivity index is 2.58. The lowest BCUT2D eigenvalue weighted by Gasteiger charge is -2.19. The minimum Gasteiger partial charge on any atom is -0.481 e. The second-order valence-electron chi connectivity index (χ2n) is 4.51. The van der Waals surface area contributed by atoms with Crippen LogP contribution in [-0.4, -0.2) is 20.9 Å². The molecule has 0 bridgehead atoms. The Bertz CT molecular complexity index is 555. The van der Waals surface area contributed by atoms with Crippen molar-refractivity contribution in [1.29, 1.82) is 0 Å². The lowest BCUT2D eigenvalue weighted by atomic mass is 9.84. The van der Waals surface area contributed by atoms with E-state index in [-0.39, 0.29) is 0 Å². The smallest absolute Gasteiger partial charge is 0.313 e. The molecule has 2 rings (SSSR count). The van der Waals surface area contributed by atoms with E-state index < -0.39 is 11.4 Å². The summed E-state index contributed by atoms with van der Waals surface area (Å²) in [6.07, 6.45) is 1.91. The van der Waals surface area contributed by atoms with Gasteiger partial charge < -0.3 is 5.11 Å². The van der Waals surface area contributed by atoms with Gasteiger partial charge in [0.05, 0.1) is 10.9 Å². The number of fused-ring (bicyclic) bond motifs is 1. The molecule has 1 aromatic carbocycles. The molecule has 0 aliphatic rings. The van der Waals surface area contributed by atoms with Crippen LogP contribution in [0.3, 0.4) is 0 Å². The number of aliphatic carboxylic acids is 1. The molecule has 4 nitrogen and oxygen atoms in total. The first-order valence-electron chi connectivity index (χ1n) is 5.08. The van der Waals surface area contributed by atoms with Gasteiger partial charge in [0.1, 0.15) is 0 Å². The Kier molecular flexibility index (Phi) is 2.22. The van der Waals surface area contributed by atoms with Gasteiger partial charge in [-0.15, -0.1) is 0 Å². The molecule has 1 heterocycles. The van der Waals surface area contributed by atoms with E-state index in [4.69, 9.17) is 5.11 Å². The van der Waals surface area contributed by atoms with Crippen LogP contribution in [0.25, 0.3) is 10.9 Å². The summed E-state index contributed by atoms with van der Waals surface area (Å²) in [5, 5.41) is 14.4. The van der Waals surface area contributed by atoms with E-state index in [1.807, 2.05) is 31.4 Å². The second-order valence-corrected chi connectivity index (χ2v) is 4.51. The molecule has 84 valence electrons. The first-order valence-corrected chi connectivity index (χ1v) is 5.08. The number of carboxylic acid groups (broad SMARTS) is 1. The third-order valence-corrected chi connectivity index (χ3v) is 2.88. The van der Waals surface area contributed by atoms with E-state index in [0.29, 0.717) is 0 Å². The van der Waals surface area contributed by atoms with Gasteiger partial charge in [-0.05, 0) is 25.5 Å². The minimum atomic E-state index is -0.883. The van der Waals surface area contributed by atoms with Crippen molar-refractivity contribution in [2.45, 2.75) is 19.3 Å². The molecule has 0 unspecified atom stereocenters. The van der Waals surface area contributed by atoms with Crippen LogP contribution in [0.5, 0.6) is 0 Å². The van der Waals surface area contributed by atoms with Crippen molar-refractivity contribution in [2.24, 2.45) is 7.05 Å². The third kappa shape index (κ3) is 1.56. The molecular formula is C12H14N2O2. The number of aromatic nitrogens is 2. The first kappa shape index (κ1) is 10.7. The monoisotopic (exact) mass is 218 g/mol. The molecule has 0 amide bonds. The number of carboxylic acids is 1. The van der Waals surface area contributed by atoms with Crippen LogP contribution in [0.15, 0.2) is 24.4 Å². The van der Waals surface area contributed by atoms with Crippen LogP contribution in [0, 0.1) is 0 Å². The fourth-order valence-electron chi connectivity index (χ4n) is 1.65. The van der Waals surface area contributed by atoms with Gasteiger partial charge in [-0.1, -0.05) is 12.1 Å². The minimum absolute atomic E-state index is 0.770. The van der Waals surface area contributed by atoms with Crippen LogP contribution >= 0.6 is 0 Å². The van der Waals surface area contributed by atoms with Crippen molar-refractivity contribution in [1.82, 2.24) is 9.78 Å². The Morgan fingerprint density at radius 1 is 1.44 bits per heavy atom. The number of benzene rings is 1. The number of nitrogens with zero attached hydrogens (tertiary/aromatic N) is 2. The van der Waals surface area contributed by atoms with E-state index in [1.165, 1.54) is 0 Å². The molecule has 0 saturated heterocycles. The van der Waals surface area contributed by atoms with Gasteiger partial charge in [0, 0.05) is 18.6 Å². The zero-order valence-electron chi connectivity index (χ0n) is 9.56. The predicted octanol–water partition coefficient (Wildman–Crippen LogP) is 1.94. The Morgan fingerprint density at radius 2 is 2.12 bits per heavy atom. The molecule has 4 heteroatoms. The zero-order valence-corrected chi connectivity index (χ0v) is 9.56. The maximum Gasteiger partial charge on any atom is 0.313 e.